The van der Waals surface area contributed by atoms with Crippen LogP contribution in [0.2, 0.25) is 5.02 Å². The summed E-state index contributed by atoms with van der Waals surface area (Å²) in [6.07, 6.45) is 5.24. The Bertz CT molecular complexity index is 1470. The summed E-state index contributed by atoms with van der Waals surface area (Å²) in [7, 11) is 3.83. The van der Waals surface area contributed by atoms with Crippen molar-refractivity contribution in [1.82, 2.24) is 24.3 Å². The first-order valence-electron chi connectivity index (χ1n) is 11.8. The highest BCUT2D eigenvalue weighted by Crippen LogP contribution is 2.32. The lowest BCUT2D eigenvalue weighted by Crippen LogP contribution is -2.56. The van der Waals surface area contributed by atoms with E-state index in [1.807, 2.05) is 57.2 Å². The van der Waals surface area contributed by atoms with Crippen LogP contribution in [0.15, 0.2) is 47.1 Å². The lowest BCUT2D eigenvalue weighted by molar-refractivity contribution is -0.123. The van der Waals surface area contributed by atoms with E-state index in [4.69, 9.17) is 17.0 Å². The number of amides is 3. The van der Waals surface area contributed by atoms with Crippen LogP contribution in [0.3, 0.4) is 0 Å². The summed E-state index contributed by atoms with van der Waals surface area (Å²) < 4.78 is 14.1. The number of fused-ring (bicyclic) bond motifs is 1. The Balaban J connectivity index is 1.91. The summed E-state index contributed by atoms with van der Waals surface area (Å²) in [5, 5.41) is 10.5. The predicted octanol–water partition coefficient (Wildman–Crippen LogP) is 4.27. The normalized spacial score (nSPS) is 16.8. The quantitative estimate of drug-likeness (QED) is 0.435. The fourth-order valence-electron chi connectivity index (χ4n) is 4.57. The zero-order chi connectivity index (χ0) is 27.2. The minimum Gasteiger partial charge on any atom is -0.368 e. The van der Waals surface area contributed by atoms with Gasteiger partial charge in [0.2, 0.25) is 0 Å². The van der Waals surface area contributed by atoms with Gasteiger partial charge >= 0.3 is 6.03 Å². The number of imide groups is 1. The van der Waals surface area contributed by atoms with Gasteiger partial charge in [0.1, 0.15) is 11.4 Å². The molecule has 3 amide bonds. The average Bonchev–Trinajstić information content (AvgIpc) is 3.41. The lowest BCUT2D eigenvalue weighted by Gasteiger charge is -2.37. The molecule has 4 rings (SSSR count). The van der Waals surface area contributed by atoms with E-state index in [2.05, 4.69) is 4.98 Å². The second-order valence-corrected chi connectivity index (χ2v) is 11.5. The van der Waals surface area contributed by atoms with Gasteiger partial charge in [0, 0.05) is 68.8 Å². The number of nitrogens with zero attached hydrogens (tertiary/aromatic N) is 4. The molecule has 0 radical (unpaired) electrons. The zero-order valence-corrected chi connectivity index (χ0v) is 23.3. The predicted molar refractivity (Wildman–Crippen MR) is 147 cm³/mol. The summed E-state index contributed by atoms with van der Waals surface area (Å²) in [4.78, 5) is 34.6. The Kier molecular flexibility index (Phi) is 7.34. The van der Waals surface area contributed by atoms with E-state index in [1.165, 1.54) is 11.9 Å². The number of benzene rings is 1. The number of likely N-dealkylation sites (N-methyl/N-ethyl adjacent to an activating group) is 1. The van der Waals surface area contributed by atoms with Crippen molar-refractivity contribution in [1.29, 1.82) is 5.41 Å². The first-order chi connectivity index (χ1) is 17.4. The van der Waals surface area contributed by atoms with Crippen LogP contribution in [-0.2, 0) is 29.2 Å². The number of nitrogens with one attached hydrogen (secondary N) is 2. The van der Waals surface area contributed by atoms with Crippen LogP contribution in [0.4, 0.5) is 4.79 Å². The van der Waals surface area contributed by atoms with E-state index in [9.17, 15) is 13.8 Å². The standard InChI is InChI=1S/C26H31ClN6O3S/c1-15(2)12-33-24(28)22(25(34)32(5)26(33)35)23(21-10-18(37(6)36)14-30(21)3)31(4)13-16-11-29-20-8-7-17(27)9-19(16)20/h7-11,14-15,28-29H,12-13H2,1-6H3/b23-22+,28-24?. The highest BCUT2D eigenvalue weighted by molar-refractivity contribution is 7.84. The van der Waals surface area contributed by atoms with Crippen LogP contribution in [0.5, 0.6) is 0 Å². The van der Waals surface area contributed by atoms with Crippen molar-refractivity contribution < 1.29 is 13.8 Å². The molecule has 3 heterocycles. The van der Waals surface area contributed by atoms with Crippen LogP contribution in [0.1, 0.15) is 25.1 Å². The number of aromatic amines is 1. The van der Waals surface area contributed by atoms with Gasteiger partial charge in [-0.25, -0.2) is 4.79 Å². The average molecular weight is 543 g/mol. The zero-order valence-electron chi connectivity index (χ0n) is 21.8. The number of carbonyl (C=O) groups excluding carboxylic acids is 2. The van der Waals surface area contributed by atoms with Crippen molar-refractivity contribution in [3.63, 3.8) is 0 Å². The van der Waals surface area contributed by atoms with E-state index < -0.39 is 22.7 Å². The van der Waals surface area contributed by atoms with Gasteiger partial charge in [-0.15, -0.1) is 0 Å². The van der Waals surface area contributed by atoms with Gasteiger partial charge in [-0.05, 0) is 35.7 Å². The van der Waals surface area contributed by atoms with Crippen LogP contribution >= 0.6 is 11.6 Å². The smallest absolute Gasteiger partial charge is 0.332 e. The fourth-order valence-corrected chi connectivity index (χ4v) is 5.33. The molecule has 1 aliphatic rings. The molecule has 1 saturated heterocycles. The van der Waals surface area contributed by atoms with Crippen LogP contribution < -0.4 is 0 Å². The SMILES string of the molecule is CC(C)CN1C(=N)/C(=C(/c2cc(S(C)=O)cn2C)N(C)Cc2c[nH]c3ccc(Cl)cc23)C(=O)N(C)C1=O. The minimum absolute atomic E-state index is 0.0912. The molecule has 1 fully saturated rings. The van der Waals surface area contributed by atoms with E-state index in [-0.39, 0.29) is 17.3 Å². The maximum Gasteiger partial charge on any atom is 0.332 e. The van der Waals surface area contributed by atoms with Gasteiger partial charge in [0.15, 0.2) is 0 Å². The first kappa shape index (κ1) is 26.7. The summed E-state index contributed by atoms with van der Waals surface area (Å²) in [6, 6.07) is 6.85. The molecule has 196 valence electrons. The maximum absolute atomic E-state index is 13.6. The Morgan fingerprint density at radius 2 is 1.92 bits per heavy atom. The first-order valence-corrected chi connectivity index (χ1v) is 13.7. The van der Waals surface area contributed by atoms with E-state index in [0.717, 1.165) is 21.4 Å². The topological polar surface area (TPSA) is 106 Å². The highest BCUT2D eigenvalue weighted by atomic mass is 35.5. The molecule has 9 nitrogen and oxygen atoms in total. The summed E-state index contributed by atoms with van der Waals surface area (Å²) >= 11 is 6.26. The van der Waals surface area contributed by atoms with Crippen LogP contribution in [0.25, 0.3) is 16.6 Å². The Morgan fingerprint density at radius 1 is 1.22 bits per heavy atom. The molecular weight excluding hydrogens is 512 g/mol. The molecule has 2 aromatic heterocycles. The Labute approximate surface area is 223 Å². The third-order valence-corrected chi connectivity index (χ3v) is 7.52. The largest absolute Gasteiger partial charge is 0.368 e. The van der Waals surface area contributed by atoms with E-state index >= 15 is 0 Å². The van der Waals surface area contributed by atoms with Crippen molar-refractivity contribution >= 4 is 56.8 Å². The molecule has 37 heavy (non-hydrogen) atoms. The second kappa shape index (κ2) is 10.2. The number of carbonyl (C=O) groups is 2. The molecule has 3 aromatic rings. The number of rotatable bonds is 7. The number of hydrogen-bond acceptors (Lipinski definition) is 5. The molecule has 0 spiro atoms. The van der Waals surface area contributed by atoms with Crippen LogP contribution in [-0.4, -0.2) is 73.1 Å². The molecule has 1 aromatic carbocycles. The number of amidine groups is 1. The third-order valence-electron chi connectivity index (χ3n) is 6.40. The number of H-pyrrole nitrogens is 1. The molecule has 0 aliphatic carbocycles. The van der Waals surface area contributed by atoms with Gasteiger partial charge in [0.05, 0.1) is 27.1 Å². The molecule has 1 unspecified atom stereocenters. The fraction of sp³-hybridized carbons (Fsp3) is 0.346. The number of halogens is 1. The number of aryl methyl sites for hydroxylation is 1. The second-order valence-electron chi connectivity index (χ2n) is 9.71. The molecule has 0 bridgehead atoms. The van der Waals surface area contributed by atoms with Gasteiger partial charge in [-0.2, -0.15) is 0 Å². The van der Waals surface area contributed by atoms with Crippen molar-refractivity contribution in [2.45, 2.75) is 25.3 Å². The van der Waals surface area contributed by atoms with Crippen molar-refractivity contribution in [2.75, 3.05) is 26.9 Å². The van der Waals surface area contributed by atoms with Crippen molar-refractivity contribution in [3.8, 4) is 0 Å². The minimum atomic E-state index is -1.25. The lowest BCUT2D eigenvalue weighted by atomic mass is 10.0. The van der Waals surface area contributed by atoms with Crippen LogP contribution in [0, 0.1) is 11.3 Å². The van der Waals surface area contributed by atoms with Crippen molar-refractivity contribution in [2.24, 2.45) is 13.0 Å². The van der Waals surface area contributed by atoms with Crippen molar-refractivity contribution in [3.05, 3.63) is 58.5 Å². The maximum atomic E-state index is 13.6. The van der Waals surface area contributed by atoms with Gasteiger partial charge < -0.3 is 14.5 Å². The van der Waals surface area contributed by atoms with E-state index in [0.29, 0.717) is 34.4 Å². The van der Waals surface area contributed by atoms with Gasteiger partial charge in [-0.3, -0.25) is 24.2 Å². The highest BCUT2D eigenvalue weighted by Gasteiger charge is 2.41. The molecule has 1 atom stereocenters. The molecular formula is C26H31ClN6O3S. The number of hydrogen-bond donors (Lipinski definition) is 2. The summed E-state index contributed by atoms with van der Waals surface area (Å²) in [6.45, 7) is 4.59. The van der Waals surface area contributed by atoms with E-state index in [1.54, 1.807) is 23.1 Å². The number of aromatic nitrogens is 2. The monoisotopic (exact) mass is 542 g/mol. The molecule has 1 aliphatic heterocycles. The summed E-state index contributed by atoms with van der Waals surface area (Å²) in [5.41, 5.74) is 3.08. The number of urea groups is 1. The Morgan fingerprint density at radius 3 is 2.54 bits per heavy atom. The molecule has 0 saturated carbocycles. The molecule has 11 heteroatoms. The molecule has 2 N–H and O–H groups in total. The summed E-state index contributed by atoms with van der Waals surface area (Å²) in [5.74, 6) is -0.612. The Hall–Kier alpha value is -3.37. The van der Waals surface area contributed by atoms with Gasteiger partial charge in [-0.1, -0.05) is 25.4 Å². The van der Waals surface area contributed by atoms with Gasteiger partial charge in [0.25, 0.3) is 5.91 Å². The third kappa shape index (κ3) is 4.95.